The summed E-state index contributed by atoms with van der Waals surface area (Å²) in [7, 11) is 0. The zero-order valence-electron chi connectivity index (χ0n) is 13.8. The van der Waals surface area contributed by atoms with E-state index in [2.05, 4.69) is 30.2 Å². The van der Waals surface area contributed by atoms with Crippen LogP contribution in [0.15, 0.2) is 29.0 Å². The molecule has 0 atom stereocenters. The van der Waals surface area contributed by atoms with Gasteiger partial charge in [-0.15, -0.1) is 0 Å². The zero-order valence-corrected chi connectivity index (χ0v) is 13.8. The number of pyridine rings is 1. The van der Waals surface area contributed by atoms with Gasteiger partial charge in [-0.05, 0) is 31.6 Å². The van der Waals surface area contributed by atoms with Crippen LogP contribution in [-0.2, 0) is 11.3 Å². The van der Waals surface area contributed by atoms with Crippen molar-refractivity contribution in [2.75, 3.05) is 38.0 Å². The van der Waals surface area contributed by atoms with Crippen molar-refractivity contribution in [3.63, 3.8) is 0 Å². The second-order valence-corrected chi connectivity index (χ2v) is 5.93. The minimum Gasteiger partial charge on any atom is -0.340 e. The monoisotopic (exact) mass is 330 g/mol. The van der Waals surface area contributed by atoms with E-state index in [1.807, 2.05) is 6.07 Å². The van der Waals surface area contributed by atoms with E-state index in [1.165, 1.54) is 0 Å². The first-order valence-electron chi connectivity index (χ1n) is 8.13. The van der Waals surface area contributed by atoms with E-state index in [1.54, 1.807) is 25.4 Å². The molecule has 8 heteroatoms. The SMILES string of the molecule is Cc1nc(CN2CCCN(CC(=O)Nc3cccnc3)CC2)no1. The van der Waals surface area contributed by atoms with Gasteiger partial charge in [0.2, 0.25) is 11.8 Å². The lowest BCUT2D eigenvalue weighted by molar-refractivity contribution is -0.117. The lowest BCUT2D eigenvalue weighted by Gasteiger charge is -2.20. The van der Waals surface area contributed by atoms with Gasteiger partial charge in [0.05, 0.1) is 25.0 Å². The molecule has 128 valence electrons. The van der Waals surface area contributed by atoms with Gasteiger partial charge in [0.25, 0.3) is 0 Å². The largest absolute Gasteiger partial charge is 0.340 e. The lowest BCUT2D eigenvalue weighted by Crippen LogP contribution is -2.36. The number of aryl methyl sites for hydroxylation is 1. The molecule has 0 saturated carbocycles. The van der Waals surface area contributed by atoms with E-state index in [0.717, 1.165) is 44.1 Å². The number of anilines is 1. The van der Waals surface area contributed by atoms with Crippen LogP contribution in [-0.4, -0.2) is 63.6 Å². The van der Waals surface area contributed by atoms with Crippen LogP contribution < -0.4 is 5.32 Å². The Hall–Kier alpha value is -2.32. The highest BCUT2D eigenvalue weighted by Crippen LogP contribution is 2.08. The minimum atomic E-state index is -0.00903. The molecule has 1 amide bonds. The van der Waals surface area contributed by atoms with E-state index < -0.39 is 0 Å². The highest BCUT2D eigenvalue weighted by molar-refractivity contribution is 5.92. The normalized spacial score (nSPS) is 16.7. The van der Waals surface area contributed by atoms with Crippen molar-refractivity contribution in [1.29, 1.82) is 0 Å². The van der Waals surface area contributed by atoms with Gasteiger partial charge >= 0.3 is 0 Å². The Morgan fingerprint density at radius 3 is 2.88 bits per heavy atom. The highest BCUT2D eigenvalue weighted by atomic mass is 16.5. The number of hydrogen-bond acceptors (Lipinski definition) is 7. The fraction of sp³-hybridized carbons (Fsp3) is 0.500. The van der Waals surface area contributed by atoms with Gasteiger partial charge in [0.1, 0.15) is 0 Å². The Labute approximate surface area is 140 Å². The minimum absolute atomic E-state index is 0.00903. The first-order valence-corrected chi connectivity index (χ1v) is 8.13. The lowest BCUT2D eigenvalue weighted by atomic mass is 10.3. The van der Waals surface area contributed by atoms with Crippen molar-refractivity contribution in [1.82, 2.24) is 24.9 Å². The summed E-state index contributed by atoms with van der Waals surface area (Å²) in [6.45, 7) is 6.47. The van der Waals surface area contributed by atoms with E-state index in [4.69, 9.17) is 4.52 Å². The Balaban J connectivity index is 1.45. The van der Waals surface area contributed by atoms with Crippen LogP contribution >= 0.6 is 0 Å². The fourth-order valence-electron chi connectivity index (χ4n) is 2.79. The summed E-state index contributed by atoms with van der Waals surface area (Å²) in [6.07, 6.45) is 4.34. The summed E-state index contributed by atoms with van der Waals surface area (Å²) in [5, 5.41) is 6.82. The maximum atomic E-state index is 12.1. The van der Waals surface area contributed by atoms with Gasteiger partial charge in [-0.1, -0.05) is 5.16 Å². The topological polar surface area (TPSA) is 87.4 Å². The average Bonchev–Trinajstić information content (AvgIpc) is 2.85. The molecule has 0 aromatic carbocycles. The van der Waals surface area contributed by atoms with E-state index in [-0.39, 0.29) is 5.91 Å². The molecular formula is C16H22N6O2. The first-order chi connectivity index (χ1) is 11.7. The third-order valence-corrected chi connectivity index (χ3v) is 3.93. The molecule has 1 saturated heterocycles. The van der Waals surface area contributed by atoms with Crippen LogP contribution in [0.25, 0.3) is 0 Å². The molecule has 1 N–H and O–H groups in total. The van der Waals surface area contributed by atoms with Crippen molar-refractivity contribution in [3.8, 4) is 0 Å². The maximum absolute atomic E-state index is 12.1. The molecule has 1 fully saturated rings. The number of carbonyl (C=O) groups is 1. The summed E-state index contributed by atoms with van der Waals surface area (Å²) >= 11 is 0. The summed E-state index contributed by atoms with van der Waals surface area (Å²) in [5.41, 5.74) is 0.728. The summed E-state index contributed by atoms with van der Waals surface area (Å²) in [4.78, 5) is 24.9. The number of carbonyl (C=O) groups excluding carboxylic acids is 1. The maximum Gasteiger partial charge on any atom is 0.238 e. The number of rotatable bonds is 5. The molecule has 0 bridgehead atoms. The van der Waals surface area contributed by atoms with Gasteiger partial charge in [-0.3, -0.25) is 19.6 Å². The van der Waals surface area contributed by atoms with Gasteiger partial charge in [-0.25, -0.2) is 0 Å². The number of hydrogen-bond donors (Lipinski definition) is 1. The number of amides is 1. The molecule has 1 aliphatic rings. The predicted molar refractivity (Wildman–Crippen MR) is 88.2 cm³/mol. The predicted octanol–water partition coefficient (Wildman–Crippen LogP) is 0.919. The zero-order chi connectivity index (χ0) is 16.8. The molecule has 2 aromatic rings. The van der Waals surface area contributed by atoms with Gasteiger partial charge in [0.15, 0.2) is 5.82 Å². The molecule has 0 spiro atoms. The van der Waals surface area contributed by atoms with Crippen LogP contribution in [0.4, 0.5) is 5.69 Å². The Morgan fingerprint density at radius 2 is 2.12 bits per heavy atom. The van der Waals surface area contributed by atoms with Crippen LogP contribution in [0.2, 0.25) is 0 Å². The molecule has 8 nitrogen and oxygen atoms in total. The molecule has 0 unspecified atom stereocenters. The Morgan fingerprint density at radius 1 is 1.29 bits per heavy atom. The number of aromatic nitrogens is 3. The standard InChI is InChI=1S/C16H22N6O2/c1-13-18-15(20-24-13)11-21-6-3-7-22(9-8-21)12-16(23)19-14-4-2-5-17-10-14/h2,4-5,10H,3,6-9,11-12H2,1H3,(H,19,23). The third kappa shape index (κ3) is 4.84. The van der Waals surface area contributed by atoms with Crippen LogP contribution in [0.5, 0.6) is 0 Å². The summed E-state index contributed by atoms with van der Waals surface area (Å²) in [6, 6.07) is 3.64. The second kappa shape index (κ2) is 7.98. The van der Waals surface area contributed by atoms with E-state index in [0.29, 0.717) is 19.0 Å². The number of nitrogens with one attached hydrogen (secondary N) is 1. The second-order valence-electron chi connectivity index (χ2n) is 5.93. The molecule has 2 aromatic heterocycles. The van der Waals surface area contributed by atoms with Gasteiger partial charge in [-0.2, -0.15) is 4.98 Å². The first kappa shape index (κ1) is 16.5. The van der Waals surface area contributed by atoms with Crippen LogP contribution in [0.3, 0.4) is 0 Å². The Kier molecular flexibility index (Phi) is 5.50. The van der Waals surface area contributed by atoms with Crippen LogP contribution in [0.1, 0.15) is 18.1 Å². The highest BCUT2D eigenvalue weighted by Gasteiger charge is 2.18. The fourth-order valence-corrected chi connectivity index (χ4v) is 2.79. The van der Waals surface area contributed by atoms with E-state index in [9.17, 15) is 4.79 Å². The molecule has 0 aliphatic carbocycles. The van der Waals surface area contributed by atoms with Crippen molar-refractivity contribution >= 4 is 11.6 Å². The molecule has 1 aliphatic heterocycles. The molecule has 24 heavy (non-hydrogen) atoms. The van der Waals surface area contributed by atoms with Crippen LogP contribution in [0, 0.1) is 6.92 Å². The smallest absolute Gasteiger partial charge is 0.238 e. The van der Waals surface area contributed by atoms with Gasteiger partial charge in [0, 0.05) is 26.2 Å². The third-order valence-electron chi connectivity index (χ3n) is 3.93. The molecule has 3 heterocycles. The van der Waals surface area contributed by atoms with Crippen molar-refractivity contribution < 1.29 is 9.32 Å². The average molecular weight is 330 g/mol. The Bertz CT molecular complexity index is 660. The van der Waals surface area contributed by atoms with Crippen molar-refractivity contribution in [2.24, 2.45) is 0 Å². The van der Waals surface area contributed by atoms with Crippen molar-refractivity contribution in [3.05, 3.63) is 36.2 Å². The summed E-state index contributed by atoms with van der Waals surface area (Å²) in [5.74, 6) is 1.30. The molecule has 0 radical (unpaired) electrons. The summed E-state index contributed by atoms with van der Waals surface area (Å²) < 4.78 is 5.01. The van der Waals surface area contributed by atoms with Crippen molar-refractivity contribution in [2.45, 2.75) is 19.9 Å². The quantitative estimate of drug-likeness (QED) is 0.872. The van der Waals surface area contributed by atoms with Gasteiger partial charge < -0.3 is 9.84 Å². The van der Waals surface area contributed by atoms with E-state index >= 15 is 0 Å². The molecular weight excluding hydrogens is 308 g/mol. The number of nitrogens with zero attached hydrogens (tertiary/aromatic N) is 5. The molecule has 3 rings (SSSR count).